The molecule has 0 saturated heterocycles. The molecular formula is C30H24N2O3Se. The van der Waals surface area contributed by atoms with Gasteiger partial charge in [-0.15, -0.1) is 0 Å². The van der Waals surface area contributed by atoms with Crippen molar-refractivity contribution in [2.75, 3.05) is 0 Å². The third-order valence-electron chi connectivity index (χ3n) is 6.21. The Balaban J connectivity index is 1.25. The van der Waals surface area contributed by atoms with E-state index in [1.807, 2.05) is 89.3 Å². The second-order valence-corrected chi connectivity index (χ2v) is 10.7. The van der Waals surface area contributed by atoms with E-state index in [-0.39, 0.29) is 32.0 Å². The number of ketones is 1. The maximum absolute atomic E-state index is 12.9. The third-order valence-corrected chi connectivity index (χ3v) is 8.54. The number of carbonyl (C=O) groups is 2. The molecule has 178 valence electrons. The molecule has 1 heterocycles. The molecule has 5 rings (SSSR count). The van der Waals surface area contributed by atoms with Crippen LogP contribution in [0.25, 0.3) is 15.3 Å². The molecule has 1 N–H and O–H groups in total. The molecule has 0 aliphatic rings. The van der Waals surface area contributed by atoms with Crippen LogP contribution in [0, 0.1) is 0 Å². The van der Waals surface area contributed by atoms with Gasteiger partial charge in [-0.05, 0) is 0 Å². The van der Waals surface area contributed by atoms with Crippen molar-refractivity contribution < 1.29 is 9.59 Å². The van der Waals surface area contributed by atoms with E-state index in [9.17, 15) is 14.4 Å². The summed E-state index contributed by atoms with van der Waals surface area (Å²) in [5, 5.41) is 3.76. The summed E-state index contributed by atoms with van der Waals surface area (Å²) in [6.07, 6.45) is 0. The van der Waals surface area contributed by atoms with Gasteiger partial charge in [0.15, 0.2) is 5.78 Å². The fourth-order valence-electron chi connectivity index (χ4n) is 4.09. The standard InChI is InChI=1S/C30H24N2O3Se/c1-20(23-10-7-11-24(18-23)28(33)22-8-3-2-4-9-22)29(34)31-19-21-14-16-25(17-15-21)32-30(35)26-12-5-6-13-27(26)36-32/h2-18,20H,19H2,1H3,(H,31,34). The van der Waals surface area contributed by atoms with Crippen LogP contribution >= 0.6 is 0 Å². The van der Waals surface area contributed by atoms with Gasteiger partial charge in [0.1, 0.15) is 0 Å². The summed E-state index contributed by atoms with van der Waals surface area (Å²) >= 11 is -0.0741. The first-order chi connectivity index (χ1) is 17.5. The molecule has 36 heavy (non-hydrogen) atoms. The van der Waals surface area contributed by atoms with Gasteiger partial charge in [-0.2, -0.15) is 0 Å². The van der Waals surface area contributed by atoms with Gasteiger partial charge < -0.3 is 0 Å². The number of carbonyl (C=O) groups excluding carboxylic acids is 2. The zero-order valence-electron chi connectivity index (χ0n) is 19.7. The number of amides is 1. The van der Waals surface area contributed by atoms with E-state index in [2.05, 4.69) is 5.32 Å². The summed E-state index contributed by atoms with van der Waals surface area (Å²) in [5.41, 5.74) is 3.82. The van der Waals surface area contributed by atoms with Crippen molar-refractivity contribution in [3.63, 3.8) is 0 Å². The van der Waals surface area contributed by atoms with Crippen LogP contribution in [0.3, 0.4) is 0 Å². The topological polar surface area (TPSA) is 68.2 Å². The Kier molecular flexibility index (Phi) is 6.81. The number of hydrogen-bond donors (Lipinski definition) is 1. The van der Waals surface area contributed by atoms with Crippen molar-refractivity contribution in [1.29, 1.82) is 0 Å². The van der Waals surface area contributed by atoms with Crippen molar-refractivity contribution in [2.24, 2.45) is 0 Å². The van der Waals surface area contributed by atoms with E-state index in [1.54, 1.807) is 24.3 Å². The summed E-state index contributed by atoms with van der Waals surface area (Å²) in [6.45, 7) is 2.22. The molecule has 0 aliphatic heterocycles. The first kappa shape index (κ1) is 23.7. The Bertz CT molecular complexity index is 1600. The predicted octanol–water partition coefficient (Wildman–Crippen LogP) is 4.70. The zero-order valence-corrected chi connectivity index (χ0v) is 21.4. The van der Waals surface area contributed by atoms with Crippen molar-refractivity contribution in [3.05, 3.63) is 136 Å². The summed E-state index contributed by atoms with van der Waals surface area (Å²) in [7, 11) is 0. The van der Waals surface area contributed by atoms with Gasteiger partial charge >= 0.3 is 163 Å². The second-order valence-electron chi connectivity index (χ2n) is 8.61. The van der Waals surface area contributed by atoms with Crippen LogP contribution in [0.15, 0.2) is 108 Å². The minimum atomic E-state index is -0.406. The number of nitrogens with zero attached hydrogens (tertiary/aromatic N) is 1. The zero-order chi connectivity index (χ0) is 25.1. The van der Waals surface area contributed by atoms with Crippen LogP contribution in [0.2, 0.25) is 0 Å². The van der Waals surface area contributed by atoms with E-state index >= 15 is 0 Å². The Morgan fingerprint density at radius 1 is 0.833 bits per heavy atom. The molecule has 0 fully saturated rings. The van der Waals surface area contributed by atoms with Gasteiger partial charge in [0.25, 0.3) is 0 Å². The first-order valence-corrected chi connectivity index (χ1v) is 13.3. The first-order valence-electron chi connectivity index (χ1n) is 11.7. The van der Waals surface area contributed by atoms with Crippen LogP contribution in [-0.4, -0.2) is 30.0 Å². The van der Waals surface area contributed by atoms with Crippen LogP contribution in [0.4, 0.5) is 0 Å². The van der Waals surface area contributed by atoms with Crippen LogP contribution < -0.4 is 10.9 Å². The van der Waals surface area contributed by atoms with Crippen molar-refractivity contribution in [3.8, 4) is 5.69 Å². The molecule has 1 aromatic heterocycles. The number of rotatable bonds is 7. The number of hydrogen-bond acceptors (Lipinski definition) is 3. The van der Waals surface area contributed by atoms with Crippen LogP contribution in [0.5, 0.6) is 0 Å². The predicted molar refractivity (Wildman–Crippen MR) is 143 cm³/mol. The van der Waals surface area contributed by atoms with E-state index in [0.717, 1.165) is 26.5 Å². The van der Waals surface area contributed by atoms with Crippen LogP contribution in [-0.2, 0) is 11.3 Å². The number of nitrogens with one attached hydrogen (secondary N) is 1. The third kappa shape index (κ3) is 4.87. The van der Waals surface area contributed by atoms with E-state index in [1.165, 1.54) is 0 Å². The number of benzene rings is 4. The summed E-state index contributed by atoms with van der Waals surface area (Å²) < 4.78 is 2.92. The quantitative estimate of drug-likeness (QED) is 0.241. The molecule has 1 atom stereocenters. The van der Waals surface area contributed by atoms with Crippen molar-refractivity contribution in [1.82, 2.24) is 8.88 Å². The molecular weight excluding hydrogens is 515 g/mol. The molecule has 4 aromatic carbocycles. The maximum atomic E-state index is 12.9. The van der Waals surface area contributed by atoms with Gasteiger partial charge in [0.05, 0.1) is 0 Å². The normalized spacial score (nSPS) is 11.8. The molecule has 0 saturated carbocycles. The number of aromatic nitrogens is 1. The Labute approximate surface area is 215 Å². The number of fused-ring (bicyclic) bond motifs is 1. The van der Waals surface area contributed by atoms with E-state index < -0.39 is 5.92 Å². The van der Waals surface area contributed by atoms with E-state index in [4.69, 9.17) is 0 Å². The van der Waals surface area contributed by atoms with Gasteiger partial charge in [-0.1, -0.05) is 36.4 Å². The monoisotopic (exact) mass is 540 g/mol. The van der Waals surface area contributed by atoms with Gasteiger partial charge in [0, 0.05) is 5.56 Å². The second kappa shape index (κ2) is 10.3. The molecule has 6 heteroatoms. The molecule has 5 aromatic rings. The molecule has 0 radical (unpaired) electrons. The Hall–Kier alpha value is -3.99. The fraction of sp³-hybridized carbons (Fsp3) is 0.100. The molecule has 0 aliphatic carbocycles. The summed E-state index contributed by atoms with van der Waals surface area (Å²) in [6, 6.07) is 31.8. The fourth-order valence-corrected chi connectivity index (χ4v) is 6.18. The van der Waals surface area contributed by atoms with Gasteiger partial charge in [-0.25, -0.2) is 0 Å². The van der Waals surface area contributed by atoms with Crippen LogP contribution in [0.1, 0.15) is 39.9 Å². The molecule has 5 nitrogen and oxygen atoms in total. The summed E-state index contributed by atoms with van der Waals surface area (Å²) in [4.78, 5) is 38.4. The molecule has 1 unspecified atom stereocenters. The Morgan fingerprint density at radius 3 is 2.28 bits per heavy atom. The minimum absolute atomic E-state index is 0.0356. The summed E-state index contributed by atoms with van der Waals surface area (Å²) in [5.74, 6) is -0.584. The molecule has 0 bridgehead atoms. The van der Waals surface area contributed by atoms with Gasteiger partial charge in [0.2, 0.25) is 0 Å². The Morgan fingerprint density at radius 2 is 1.53 bits per heavy atom. The molecule has 1 amide bonds. The van der Waals surface area contributed by atoms with Crippen molar-refractivity contribution in [2.45, 2.75) is 19.4 Å². The molecule has 0 spiro atoms. The van der Waals surface area contributed by atoms with Crippen molar-refractivity contribution >= 4 is 36.1 Å². The SMILES string of the molecule is CC(C(=O)NCc1ccc(-n2[se]c3ccccc3c2=O)cc1)c1cccc(C(=O)c2ccccc2)c1. The average Bonchev–Trinajstić information content (AvgIpc) is 3.28. The van der Waals surface area contributed by atoms with Gasteiger partial charge in [-0.3, -0.25) is 4.79 Å². The average molecular weight is 539 g/mol. The van der Waals surface area contributed by atoms with E-state index in [0.29, 0.717) is 17.7 Å².